The number of carbonyl (C=O) groups excluding carboxylic acids is 2. The van der Waals surface area contributed by atoms with Crippen molar-refractivity contribution in [1.82, 2.24) is 4.90 Å². The number of aliphatic hydroxyl groups excluding tert-OH is 1. The second kappa shape index (κ2) is 8.35. The molecule has 1 aliphatic heterocycles. The molecule has 1 N–H and O–H groups in total. The Kier molecular flexibility index (Phi) is 5.90. The fraction of sp³-hybridized carbons (Fsp3) is 0.273. The highest BCUT2D eigenvalue weighted by atomic mass is 19.1. The second-order valence-electron chi connectivity index (χ2n) is 6.76. The number of carbonyl (C=O) groups is 2. The third-order valence-electron chi connectivity index (χ3n) is 4.80. The molecule has 0 aliphatic carbocycles. The molecule has 146 valence electrons. The van der Waals surface area contributed by atoms with Gasteiger partial charge in [0.25, 0.3) is 11.7 Å². The fourth-order valence-electron chi connectivity index (χ4n) is 3.35. The highest BCUT2D eigenvalue weighted by molar-refractivity contribution is 6.46. The Bertz CT molecular complexity index is 903. The monoisotopic (exact) mass is 383 g/mol. The zero-order valence-electron chi connectivity index (χ0n) is 15.8. The van der Waals surface area contributed by atoms with Gasteiger partial charge in [-0.25, -0.2) is 4.39 Å². The summed E-state index contributed by atoms with van der Waals surface area (Å²) in [7, 11) is 1.56. The minimum atomic E-state index is -0.779. The molecule has 1 aliphatic rings. The van der Waals surface area contributed by atoms with Gasteiger partial charge in [-0.05, 0) is 31.0 Å². The molecular formula is C22H22FNO4. The molecule has 6 heteroatoms. The van der Waals surface area contributed by atoms with Crippen molar-refractivity contribution in [2.45, 2.75) is 19.4 Å². The van der Waals surface area contributed by atoms with Crippen molar-refractivity contribution in [2.75, 3.05) is 20.3 Å². The van der Waals surface area contributed by atoms with Crippen LogP contribution in [0.25, 0.3) is 5.76 Å². The first kappa shape index (κ1) is 19.8. The van der Waals surface area contributed by atoms with Gasteiger partial charge in [0, 0.05) is 25.8 Å². The van der Waals surface area contributed by atoms with Crippen LogP contribution in [0.3, 0.4) is 0 Å². The van der Waals surface area contributed by atoms with Crippen LogP contribution >= 0.6 is 0 Å². The Balaban J connectivity index is 2.10. The highest BCUT2D eigenvalue weighted by Crippen LogP contribution is 2.39. The predicted octanol–water partition coefficient (Wildman–Crippen LogP) is 3.59. The molecule has 28 heavy (non-hydrogen) atoms. The third kappa shape index (κ3) is 3.82. The molecular weight excluding hydrogens is 361 g/mol. The van der Waals surface area contributed by atoms with E-state index in [4.69, 9.17) is 4.74 Å². The van der Waals surface area contributed by atoms with E-state index in [1.165, 1.54) is 29.2 Å². The molecule has 0 aromatic heterocycles. The third-order valence-corrected chi connectivity index (χ3v) is 4.80. The van der Waals surface area contributed by atoms with Gasteiger partial charge in [-0.15, -0.1) is 0 Å². The van der Waals surface area contributed by atoms with Crippen LogP contribution in [0, 0.1) is 12.7 Å². The number of aliphatic hydroxyl groups is 1. The summed E-state index contributed by atoms with van der Waals surface area (Å²) in [6.45, 7) is 2.62. The quantitative estimate of drug-likeness (QED) is 0.358. The number of benzene rings is 2. The van der Waals surface area contributed by atoms with Crippen molar-refractivity contribution >= 4 is 17.4 Å². The van der Waals surface area contributed by atoms with E-state index >= 15 is 0 Å². The van der Waals surface area contributed by atoms with Gasteiger partial charge in [-0.1, -0.05) is 42.0 Å². The zero-order valence-corrected chi connectivity index (χ0v) is 15.8. The minimum Gasteiger partial charge on any atom is -0.507 e. The number of rotatable bonds is 6. The summed E-state index contributed by atoms with van der Waals surface area (Å²) in [4.78, 5) is 26.8. The molecule has 5 nitrogen and oxygen atoms in total. The van der Waals surface area contributed by atoms with Crippen molar-refractivity contribution in [3.05, 3.63) is 76.6 Å². The van der Waals surface area contributed by atoms with Gasteiger partial charge in [-0.3, -0.25) is 9.59 Å². The standard InChI is InChI=1S/C22H22FNO4/c1-14-4-6-16(7-5-14)20(25)18-19(15-8-10-17(23)11-9-15)24(12-3-13-28-2)22(27)21(18)26/h4-11,19,25H,3,12-13H2,1-2H3. The second-order valence-corrected chi connectivity index (χ2v) is 6.76. The van der Waals surface area contributed by atoms with E-state index in [1.807, 2.05) is 19.1 Å². The number of ketones is 1. The van der Waals surface area contributed by atoms with Crippen molar-refractivity contribution in [2.24, 2.45) is 0 Å². The van der Waals surface area contributed by atoms with E-state index < -0.39 is 23.5 Å². The fourth-order valence-corrected chi connectivity index (χ4v) is 3.35. The van der Waals surface area contributed by atoms with Crippen molar-refractivity contribution in [1.29, 1.82) is 0 Å². The minimum absolute atomic E-state index is 0.0119. The Hall–Kier alpha value is -2.99. The maximum Gasteiger partial charge on any atom is 0.295 e. The maximum absolute atomic E-state index is 13.4. The molecule has 0 radical (unpaired) electrons. The van der Waals surface area contributed by atoms with Crippen molar-refractivity contribution in [3.63, 3.8) is 0 Å². The van der Waals surface area contributed by atoms with Gasteiger partial charge >= 0.3 is 0 Å². The molecule has 1 heterocycles. The number of amides is 1. The molecule has 1 atom stereocenters. The molecule has 1 unspecified atom stereocenters. The number of nitrogens with zero attached hydrogens (tertiary/aromatic N) is 1. The van der Waals surface area contributed by atoms with Crippen LogP contribution in [0.15, 0.2) is 54.1 Å². The average molecular weight is 383 g/mol. The summed E-state index contributed by atoms with van der Waals surface area (Å²) in [5.74, 6) is -2.08. The lowest BCUT2D eigenvalue weighted by Gasteiger charge is -2.25. The van der Waals surface area contributed by atoms with Crippen LogP contribution in [0.1, 0.15) is 29.2 Å². The van der Waals surface area contributed by atoms with Crippen LogP contribution in [0.4, 0.5) is 4.39 Å². The van der Waals surface area contributed by atoms with E-state index in [1.54, 1.807) is 19.2 Å². The summed E-state index contributed by atoms with van der Waals surface area (Å²) in [5, 5.41) is 10.9. The number of ether oxygens (including phenoxy) is 1. The van der Waals surface area contributed by atoms with Gasteiger partial charge in [0.05, 0.1) is 11.6 Å². The van der Waals surface area contributed by atoms with Crippen molar-refractivity contribution < 1.29 is 23.8 Å². The van der Waals surface area contributed by atoms with E-state index in [0.717, 1.165) is 5.56 Å². The Morgan fingerprint density at radius 3 is 2.36 bits per heavy atom. The van der Waals surface area contributed by atoms with E-state index in [2.05, 4.69) is 0 Å². The summed E-state index contributed by atoms with van der Waals surface area (Å²) < 4.78 is 18.4. The first-order valence-corrected chi connectivity index (χ1v) is 9.04. The van der Waals surface area contributed by atoms with Gasteiger partial charge in [0.1, 0.15) is 11.6 Å². The first-order valence-electron chi connectivity index (χ1n) is 9.04. The first-order chi connectivity index (χ1) is 13.4. The number of hydrogen-bond donors (Lipinski definition) is 1. The number of aryl methyl sites for hydroxylation is 1. The number of likely N-dealkylation sites (tertiary alicyclic amines) is 1. The summed E-state index contributed by atoms with van der Waals surface area (Å²) in [5.41, 5.74) is 2.03. The molecule has 0 bridgehead atoms. The lowest BCUT2D eigenvalue weighted by atomic mass is 9.95. The Labute approximate surface area is 163 Å². The largest absolute Gasteiger partial charge is 0.507 e. The molecule has 1 amide bonds. The average Bonchev–Trinajstić information content (AvgIpc) is 2.94. The Morgan fingerprint density at radius 2 is 1.75 bits per heavy atom. The summed E-state index contributed by atoms with van der Waals surface area (Å²) in [6, 6.07) is 11.9. The predicted molar refractivity (Wildman–Crippen MR) is 103 cm³/mol. The normalized spacial score (nSPS) is 18.7. The maximum atomic E-state index is 13.4. The van der Waals surface area contributed by atoms with Gasteiger partial charge in [0.2, 0.25) is 0 Å². The van der Waals surface area contributed by atoms with Crippen molar-refractivity contribution in [3.8, 4) is 0 Å². The SMILES string of the molecule is COCCCN1C(=O)C(=O)C(=C(O)c2ccc(C)cc2)C1c1ccc(F)cc1. The number of methoxy groups -OCH3 is 1. The van der Waals surface area contributed by atoms with Gasteiger partial charge in [-0.2, -0.15) is 0 Å². The molecule has 1 fully saturated rings. The Morgan fingerprint density at radius 1 is 1.11 bits per heavy atom. The van der Waals surface area contributed by atoms with E-state index in [9.17, 15) is 19.1 Å². The molecule has 2 aromatic rings. The van der Waals surface area contributed by atoms with Crippen LogP contribution in [0.5, 0.6) is 0 Å². The number of Topliss-reactive ketones (excluding diaryl/α,β-unsaturated/α-hetero) is 1. The lowest BCUT2D eigenvalue weighted by Crippen LogP contribution is -2.31. The molecule has 0 saturated carbocycles. The highest BCUT2D eigenvalue weighted by Gasteiger charge is 2.45. The van der Waals surface area contributed by atoms with Gasteiger partial charge < -0.3 is 14.7 Å². The number of hydrogen-bond acceptors (Lipinski definition) is 4. The lowest BCUT2D eigenvalue weighted by molar-refractivity contribution is -0.140. The van der Waals surface area contributed by atoms with Crippen LogP contribution in [-0.2, 0) is 14.3 Å². The molecule has 3 rings (SSSR count). The molecule has 1 saturated heterocycles. The zero-order chi connectivity index (χ0) is 20.3. The topological polar surface area (TPSA) is 66.8 Å². The molecule has 0 spiro atoms. The van der Waals surface area contributed by atoms with Crippen LogP contribution in [-0.4, -0.2) is 42.0 Å². The van der Waals surface area contributed by atoms with Gasteiger partial charge in [0.15, 0.2) is 0 Å². The molecule has 2 aromatic carbocycles. The summed E-state index contributed by atoms with van der Waals surface area (Å²) >= 11 is 0. The van der Waals surface area contributed by atoms with Crippen LogP contribution < -0.4 is 0 Å². The van der Waals surface area contributed by atoms with Crippen LogP contribution in [0.2, 0.25) is 0 Å². The summed E-state index contributed by atoms with van der Waals surface area (Å²) in [6.07, 6.45) is 0.534. The smallest absolute Gasteiger partial charge is 0.295 e. The van der Waals surface area contributed by atoms with E-state index in [-0.39, 0.29) is 17.9 Å². The number of halogens is 1. The van der Waals surface area contributed by atoms with E-state index in [0.29, 0.717) is 24.2 Å².